The molecule has 1 atom stereocenters. The Morgan fingerprint density at radius 1 is 1.24 bits per heavy atom. The SMILES string of the molecule is CC(=O)c1ccc2c(c1O)C[NH+](Cc1ccccc1)CO2. The minimum atomic E-state index is -0.134. The normalized spacial score (nSPS) is 16.9. The number of Topliss-reactive ketones (excluding diaryl/α,β-unsaturated/α-hetero) is 1. The molecule has 1 aliphatic rings. The summed E-state index contributed by atoms with van der Waals surface area (Å²) in [6.07, 6.45) is 0. The van der Waals surface area contributed by atoms with Crippen molar-refractivity contribution in [3.8, 4) is 11.5 Å². The van der Waals surface area contributed by atoms with Gasteiger partial charge >= 0.3 is 0 Å². The lowest BCUT2D eigenvalue weighted by atomic mass is 10.0. The molecule has 2 aromatic carbocycles. The lowest BCUT2D eigenvalue weighted by molar-refractivity contribution is -0.945. The Bertz CT molecular complexity index is 667. The van der Waals surface area contributed by atoms with E-state index >= 15 is 0 Å². The number of rotatable bonds is 3. The lowest BCUT2D eigenvalue weighted by Crippen LogP contribution is -3.10. The Balaban J connectivity index is 1.84. The van der Waals surface area contributed by atoms with Gasteiger partial charge in [0, 0.05) is 5.56 Å². The largest absolute Gasteiger partial charge is 0.507 e. The summed E-state index contributed by atoms with van der Waals surface area (Å²) < 4.78 is 5.72. The van der Waals surface area contributed by atoms with E-state index in [0.29, 0.717) is 24.6 Å². The van der Waals surface area contributed by atoms with Crippen LogP contribution in [-0.2, 0) is 13.1 Å². The second kappa shape index (κ2) is 5.58. The molecule has 4 nitrogen and oxygen atoms in total. The standard InChI is InChI=1S/C17H17NO3/c1-12(19)14-7-8-16-15(17(14)20)10-18(11-21-16)9-13-5-3-2-4-6-13/h2-8,20H,9-11H2,1H3/p+1. The van der Waals surface area contributed by atoms with Crippen LogP contribution in [0, 0.1) is 0 Å². The minimum Gasteiger partial charge on any atom is -0.507 e. The van der Waals surface area contributed by atoms with Gasteiger partial charge in [0.25, 0.3) is 0 Å². The van der Waals surface area contributed by atoms with Crippen LogP contribution >= 0.6 is 0 Å². The zero-order valence-electron chi connectivity index (χ0n) is 11.9. The van der Waals surface area contributed by atoms with Crippen molar-refractivity contribution in [2.45, 2.75) is 20.0 Å². The van der Waals surface area contributed by atoms with E-state index < -0.39 is 0 Å². The number of carbonyl (C=O) groups excluding carboxylic acids is 1. The third-order valence-corrected chi connectivity index (χ3v) is 3.77. The van der Waals surface area contributed by atoms with Crippen molar-refractivity contribution in [3.63, 3.8) is 0 Å². The van der Waals surface area contributed by atoms with Crippen molar-refractivity contribution in [3.05, 3.63) is 59.2 Å². The molecule has 3 rings (SSSR count). The number of ketones is 1. The molecule has 1 heterocycles. The van der Waals surface area contributed by atoms with E-state index in [1.165, 1.54) is 17.4 Å². The maximum Gasteiger partial charge on any atom is 0.222 e. The highest BCUT2D eigenvalue weighted by Crippen LogP contribution is 2.32. The van der Waals surface area contributed by atoms with Crippen molar-refractivity contribution in [1.29, 1.82) is 0 Å². The Morgan fingerprint density at radius 3 is 2.71 bits per heavy atom. The summed E-state index contributed by atoms with van der Waals surface area (Å²) in [5.74, 6) is 0.602. The average molecular weight is 284 g/mol. The van der Waals surface area contributed by atoms with Crippen LogP contribution in [0.2, 0.25) is 0 Å². The van der Waals surface area contributed by atoms with Gasteiger partial charge in [-0.2, -0.15) is 0 Å². The fourth-order valence-corrected chi connectivity index (χ4v) is 2.69. The maximum atomic E-state index is 11.5. The van der Waals surface area contributed by atoms with Crippen molar-refractivity contribution in [1.82, 2.24) is 0 Å². The van der Waals surface area contributed by atoms with E-state index in [0.717, 1.165) is 12.1 Å². The summed E-state index contributed by atoms with van der Waals surface area (Å²) in [6.45, 7) is 3.49. The van der Waals surface area contributed by atoms with Crippen molar-refractivity contribution >= 4 is 5.78 Å². The zero-order valence-corrected chi connectivity index (χ0v) is 11.9. The van der Waals surface area contributed by atoms with Gasteiger partial charge < -0.3 is 9.84 Å². The predicted molar refractivity (Wildman–Crippen MR) is 78.4 cm³/mol. The topological polar surface area (TPSA) is 51.0 Å². The van der Waals surface area contributed by atoms with Crippen LogP contribution in [0.5, 0.6) is 11.5 Å². The summed E-state index contributed by atoms with van der Waals surface area (Å²) in [5.41, 5.74) is 2.31. The lowest BCUT2D eigenvalue weighted by Gasteiger charge is -2.27. The highest BCUT2D eigenvalue weighted by molar-refractivity contribution is 5.97. The van der Waals surface area contributed by atoms with Crippen LogP contribution in [0.1, 0.15) is 28.4 Å². The first kappa shape index (κ1) is 13.6. The average Bonchev–Trinajstić information content (AvgIpc) is 2.49. The van der Waals surface area contributed by atoms with Crippen molar-refractivity contribution in [2.24, 2.45) is 0 Å². The highest BCUT2D eigenvalue weighted by atomic mass is 16.5. The molecule has 0 fully saturated rings. The molecule has 1 aliphatic heterocycles. The number of carbonyl (C=O) groups is 1. The molecule has 1 unspecified atom stereocenters. The first-order valence-corrected chi connectivity index (χ1v) is 7.01. The number of aromatic hydroxyl groups is 1. The smallest absolute Gasteiger partial charge is 0.222 e. The number of phenols is 1. The number of benzene rings is 2. The number of quaternary nitrogens is 1. The molecule has 108 valence electrons. The van der Waals surface area contributed by atoms with Gasteiger partial charge in [-0.05, 0) is 19.1 Å². The van der Waals surface area contributed by atoms with E-state index in [4.69, 9.17) is 4.74 Å². The fourth-order valence-electron chi connectivity index (χ4n) is 2.69. The van der Waals surface area contributed by atoms with Gasteiger partial charge in [0.05, 0.1) is 11.1 Å². The van der Waals surface area contributed by atoms with Crippen LogP contribution in [-0.4, -0.2) is 17.6 Å². The molecule has 0 amide bonds. The van der Waals surface area contributed by atoms with Crippen molar-refractivity contribution < 1.29 is 19.5 Å². The zero-order chi connectivity index (χ0) is 14.8. The number of hydrogen-bond donors (Lipinski definition) is 2. The maximum absolute atomic E-state index is 11.5. The molecule has 21 heavy (non-hydrogen) atoms. The van der Waals surface area contributed by atoms with Crippen LogP contribution < -0.4 is 9.64 Å². The monoisotopic (exact) mass is 284 g/mol. The second-order valence-electron chi connectivity index (χ2n) is 5.37. The molecule has 2 aromatic rings. The van der Waals surface area contributed by atoms with Gasteiger partial charge in [-0.25, -0.2) is 0 Å². The Labute approximate surface area is 123 Å². The number of ether oxygens (including phenoxy) is 1. The molecule has 0 saturated carbocycles. The van der Waals surface area contributed by atoms with Gasteiger partial charge in [-0.3, -0.25) is 9.69 Å². The Morgan fingerprint density at radius 2 is 2.00 bits per heavy atom. The number of fused-ring (bicyclic) bond motifs is 1. The number of nitrogens with one attached hydrogen (secondary N) is 1. The molecule has 0 bridgehead atoms. The van der Waals surface area contributed by atoms with Gasteiger partial charge in [0.1, 0.15) is 24.6 Å². The van der Waals surface area contributed by atoms with Crippen LogP contribution in [0.3, 0.4) is 0 Å². The minimum absolute atomic E-state index is 0.0604. The molecule has 4 heteroatoms. The fraction of sp³-hybridized carbons (Fsp3) is 0.235. The van der Waals surface area contributed by atoms with E-state index in [9.17, 15) is 9.90 Å². The third-order valence-electron chi connectivity index (χ3n) is 3.77. The second-order valence-corrected chi connectivity index (χ2v) is 5.37. The molecule has 2 N–H and O–H groups in total. The van der Waals surface area contributed by atoms with Gasteiger partial charge in [-0.1, -0.05) is 30.3 Å². The van der Waals surface area contributed by atoms with E-state index in [-0.39, 0.29) is 11.5 Å². The molecule has 0 radical (unpaired) electrons. The van der Waals surface area contributed by atoms with E-state index in [2.05, 4.69) is 12.1 Å². The van der Waals surface area contributed by atoms with Gasteiger partial charge in [0.2, 0.25) is 6.73 Å². The number of hydrogen-bond acceptors (Lipinski definition) is 3. The van der Waals surface area contributed by atoms with Crippen molar-refractivity contribution in [2.75, 3.05) is 6.73 Å². The molecular weight excluding hydrogens is 266 g/mol. The molecule has 0 aromatic heterocycles. The highest BCUT2D eigenvalue weighted by Gasteiger charge is 2.25. The first-order chi connectivity index (χ1) is 10.1. The van der Waals surface area contributed by atoms with Crippen LogP contribution in [0.25, 0.3) is 0 Å². The molecular formula is C17H18NO3+. The summed E-state index contributed by atoms with van der Waals surface area (Å²) in [6, 6.07) is 13.6. The summed E-state index contributed by atoms with van der Waals surface area (Å²) in [4.78, 5) is 12.7. The molecule has 0 aliphatic carbocycles. The van der Waals surface area contributed by atoms with Gasteiger partial charge in [-0.15, -0.1) is 0 Å². The summed E-state index contributed by atoms with van der Waals surface area (Å²) in [7, 11) is 0. The predicted octanol–water partition coefficient (Wildman–Crippen LogP) is 1.53. The van der Waals surface area contributed by atoms with Crippen LogP contribution in [0.4, 0.5) is 0 Å². The summed E-state index contributed by atoms with van der Waals surface area (Å²) in [5, 5.41) is 10.3. The van der Waals surface area contributed by atoms with Gasteiger partial charge in [0.15, 0.2) is 5.78 Å². The molecule has 0 saturated heterocycles. The van der Waals surface area contributed by atoms with Crippen LogP contribution in [0.15, 0.2) is 42.5 Å². The van der Waals surface area contributed by atoms with E-state index in [1.807, 2.05) is 18.2 Å². The quantitative estimate of drug-likeness (QED) is 0.840. The Hall–Kier alpha value is -2.33. The van der Waals surface area contributed by atoms with E-state index in [1.54, 1.807) is 12.1 Å². The Kier molecular flexibility index (Phi) is 3.62. The molecule has 0 spiro atoms. The first-order valence-electron chi connectivity index (χ1n) is 7.01. The summed E-state index contributed by atoms with van der Waals surface area (Å²) >= 11 is 0. The third kappa shape index (κ3) is 2.76. The number of phenolic OH excluding ortho intramolecular Hbond substituents is 1.